The summed E-state index contributed by atoms with van der Waals surface area (Å²) in [5, 5.41) is 0.551. The van der Waals surface area contributed by atoms with Crippen LogP contribution in [0, 0.1) is 0 Å². The molecule has 0 unspecified atom stereocenters. The van der Waals surface area contributed by atoms with Crippen molar-refractivity contribution in [3.8, 4) is 5.75 Å². The molecule has 2 rings (SSSR count). The summed E-state index contributed by atoms with van der Waals surface area (Å²) < 4.78 is 10.1. The number of nitrogens with one attached hydrogen (secondary N) is 2. The number of hydrazine groups is 1. The van der Waals surface area contributed by atoms with E-state index in [4.69, 9.17) is 21.1 Å². The normalized spacial score (nSPS) is 10.0. The number of hydrogen-bond acceptors (Lipinski definition) is 5. The molecule has 2 N–H and O–H groups in total. The number of amides is 2. The molecule has 0 radical (unpaired) electrons. The molecule has 27 heavy (non-hydrogen) atoms. The van der Waals surface area contributed by atoms with E-state index in [1.54, 1.807) is 36.4 Å². The Labute approximate surface area is 161 Å². The van der Waals surface area contributed by atoms with Crippen LogP contribution in [0.5, 0.6) is 5.75 Å². The molecule has 2 aromatic carbocycles. The van der Waals surface area contributed by atoms with Crippen LogP contribution in [0.4, 0.5) is 0 Å². The predicted molar refractivity (Wildman–Crippen MR) is 99.3 cm³/mol. The van der Waals surface area contributed by atoms with Crippen LogP contribution in [-0.4, -0.2) is 31.0 Å². The summed E-state index contributed by atoms with van der Waals surface area (Å²) in [5.74, 6) is -1.40. The van der Waals surface area contributed by atoms with E-state index < -0.39 is 24.4 Å². The van der Waals surface area contributed by atoms with Gasteiger partial charge in [-0.2, -0.15) is 0 Å². The van der Waals surface area contributed by atoms with Crippen molar-refractivity contribution in [1.82, 2.24) is 10.9 Å². The zero-order valence-electron chi connectivity index (χ0n) is 14.7. The van der Waals surface area contributed by atoms with E-state index >= 15 is 0 Å². The molecule has 2 amide bonds. The zero-order valence-corrected chi connectivity index (χ0v) is 15.4. The Balaban J connectivity index is 1.66. The van der Waals surface area contributed by atoms with Gasteiger partial charge in [0.1, 0.15) is 5.75 Å². The lowest BCUT2D eigenvalue weighted by Crippen LogP contribution is -2.45. The minimum atomic E-state index is -0.673. The molecule has 0 aliphatic rings. The minimum absolute atomic E-state index is 0.300. The van der Waals surface area contributed by atoms with Gasteiger partial charge < -0.3 is 9.47 Å². The first-order valence-corrected chi connectivity index (χ1v) is 8.58. The van der Waals surface area contributed by atoms with E-state index in [2.05, 4.69) is 10.9 Å². The average molecular weight is 391 g/mol. The maximum absolute atomic E-state index is 11.9. The molecule has 0 spiro atoms. The highest BCUT2D eigenvalue weighted by molar-refractivity contribution is 6.30. The van der Waals surface area contributed by atoms with Gasteiger partial charge in [-0.1, -0.05) is 30.7 Å². The Kier molecular flexibility index (Phi) is 7.63. The Hall–Kier alpha value is -3.06. The van der Waals surface area contributed by atoms with Crippen molar-refractivity contribution in [2.45, 2.75) is 13.3 Å². The van der Waals surface area contributed by atoms with Crippen LogP contribution in [0.1, 0.15) is 22.8 Å². The smallest absolute Gasteiger partial charge is 0.338 e. The van der Waals surface area contributed by atoms with Gasteiger partial charge in [0.25, 0.3) is 11.8 Å². The molecular weight excluding hydrogens is 372 g/mol. The maximum atomic E-state index is 11.9. The Bertz CT molecular complexity index is 791. The topological polar surface area (TPSA) is 93.7 Å². The lowest BCUT2D eigenvalue weighted by atomic mass is 10.1. The van der Waals surface area contributed by atoms with Gasteiger partial charge in [-0.05, 0) is 48.4 Å². The standard InChI is InChI=1S/C19H19ClN2O5/c1-2-13-3-5-14(6-4-13)19(25)27-12-18(24)22-21-17(23)11-26-16-9-7-15(20)8-10-16/h3-10H,2,11-12H2,1H3,(H,21,23)(H,22,24). The summed E-state index contributed by atoms with van der Waals surface area (Å²) in [6.07, 6.45) is 0.860. The lowest BCUT2D eigenvalue weighted by Gasteiger charge is -2.09. The summed E-state index contributed by atoms with van der Waals surface area (Å²) in [6, 6.07) is 13.4. The third-order valence-corrected chi connectivity index (χ3v) is 3.71. The van der Waals surface area contributed by atoms with Crippen molar-refractivity contribution in [1.29, 1.82) is 0 Å². The van der Waals surface area contributed by atoms with Crippen molar-refractivity contribution in [3.05, 3.63) is 64.7 Å². The van der Waals surface area contributed by atoms with Crippen molar-refractivity contribution in [2.75, 3.05) is 13.2 Å². The van der Waals surface area contributed by atoms with Gasteiger partial charge >= 0.3 is 5.97 Å². The first kappa shape index (κ1) is 20.3. The fourth-order valence-corrected chi connectivity index (χ4v) is 2.11. The van der Waals surface area contributed by atoms with Crippen LogP contribution in [0.2, 0.25) is 5.02 Å². The molecule has 0 aromatic heterocycles. The molecule has 8 heteroatoms. The number of halogens is 1. The fraction of sp³-hybridized carbons (Fsp3) is 0.211. The molecule has 0 aliphatic heterocycles. The second-order valence-electron chi connectivity index (χ2n) is 5.47. The van der Waals surface area contributed by atoms with Gasteiger partial charge in [0.15, 0.2) is 13.2 Å². The molecule has 0 aliphatic carbocycles. The highest BCUT2D eigenvalue weighted by atomic mass is 35.5. The van der Waals surface area contributed by atoms with Gasteiger partial charge in [0.2, 0.25) is 0 Å². The van der Waals surface area contributed by atoms with Crippen molar-refractivity contribution in [2.24, 2.45) is 0 Å². The number of ether oxygens (including phenoxy) is 2. The highest BCUT2D eigenvalue weighted by Gasteiger charge is 2.11. The number of carbonyl (C=O) groups excluding carboxylic acids is 3. The van der Waals surface area contributed by atoms with Gasteiger partial charge in [-0.3, -0.25) is 20.4 Å². The van der Waals surface area contributed by atoms with Crippen LogP contribution >= 0.6 is 11.6 Å². The molecule has 0 bridgehead atoms. The van der Waals surface area contributed by atoms with Gasteiger partial charge in [0, 0.05) is 5.02 Å². The molecule has 0 atom stereocenters. The number of hydrogen-bond donors (Lipinski definition) is 2. The second kappa shape index (κ2) is 10.2. The van der Waals surface area contributed by atoms with E-state index in [0.717, 1.165) is 12.0 Å². The summed E-state index contributed by atoms with van der Waals surface area (Å²) in [7, 11) is 0. The Morgan fingerprint density at radius 1 is 0.889 bits per heavy atom. The van der Waals surface area contributed by atoms with Crippen molar-refractivity contribution >= 4 is 29.4 Å². The summed E-state index contributed by atoms with van der Waals surface area (Å²) in [4.78, 5) is 35.1. The van der Waals surface area contributed by atoms with E-state index in [9.17, 15) is 14.4 Å². The summed E-state index contributed by atoms with van der Waals surface area (Å²) in [6.45, 7) is 1.19. The number of rotatable bonds is 7. The van der Waals surface area contributed by atoms with Crippen molar-refractivity contribution in [3.63, 3.8) is 0 Å². The van der Waals surface area contributed by atoms with E-state index in [1.807, 2.05) is 19.1 Å². The van der Waals surface area contributed by atoms with E-state index in [1.165, 1.54) is 0 Å². The summed E-state index contributed by atoms with van der Waals surface area (Å²) >= 11 is 5.75. The molecule has 0 saturated carbocycles. The third-order valence-electron chi connectivity index (χ3n) is 3.46. The molecule has 0 fully saturated rings. The third kappa shape index (κ3) is 6.99. The quantitative estimate of drug-likeness (QED) is 0.558. The first-order chi connectivity index (χ1) is 13.0. The van der Waals surface area contributed by atoms with Gasteiger partial charge in [0.05, 0.1) is 5.56 Å². The fourth-order valence-electron chi connectivity index (χ4n) is 1.98. The van der Waals surface area contributed by atoms with Crippen LogP contribution in [0.15, 0.2) is 48.5 Å². The molecular formula is C19H19ClN2O5. The van der Waals surface area contributed by atoms with Crippen molar-refractivity contribution < 1.29 is 23.9 Å². The van der Waals surface area contributed by atoms with Crippen LogP contribution in [0.25, 0.3) is 0 Å². The highest BCUT2D eigenvalue weighted by Crippen LogP contribution is 2.15. The molecule has 7 nitrogen and oxygen atoms in total. The van der Waals surface area contributed by atoms with E-state index in [0.29, 0.717) is 16.3 Å². The van der Waals surface area contributed by atoms with Crippen LogP contribution in [-0.2, 0) is 20.7 Å². The Morgan fingerprint density at radius 3 is 2.07 bits per heavy atom. The number of benzene rings is 2. The SMILES string of the molecule is CCc1ccc(C(=O)OCC(=O)NNC(=O)COc2ccc(Cl)cc2)cc1. The van der Waals surface area contributed by atoms with E-state index in [-0.39, 0.29) is 6.61 Å². The molecule has 0 heterocycles. The minimum Gasteiger partial charge on any atom is -0.484 e. The first-order valence-electron chi connectivity index (χ1n) is 8.20. The number of esters is 1. The average Bonchev–Trinajstić information content (AvgIpc) is 2.70. The predicted octanol–water partition coefficient (Wildman–Crippen LogP) is 2.29. The number of aryl methyl sites for hydroxylation is 1. The molecule has 2 aromatic rings. The van der Waals surface area contributed by atoms with Gasteiger partial charge in [-0.25, -0.2) is 4.79 Å². The zero-order chi connectivity index (χ0) is 19.6. The van der Waals surface area contributed by atoms with Gasteiger partial charge in [-0.15, -0.1) is 0 Å². The monoisotopic (exact) mass is 390 g/mol. The summed E-state index contributed by atoms with van der Waals surface area (Å²) in [5.41, 5.74) is 5.74. The maximum Gasteiger partial charge on any atom is 0.338 e. The second-order valence-corrected chi connectivity index (χ2v) is 5.90. The Morgan fingerprint density at radius 2 is 1.48 bits per heavy atom. The van der Waals surface area contributed by atoms with Crippen LogP contribution in [0.3, 0.4) is 0 Å². The van der Waals surface area contributed by atoms with Crippen LogP contribution < -0.4 is 15.6 Å². The lowest BCUT2D eigenvalue weighted by molar-refractivity contribution is -0.131. The molecule has 142 valence electrons. The number of carbonyl (C=O) groups is 3. The largest absolute Gasteiger partial charge is 0.484 e. The molecule has 0 saturated heterocycles.